The lowest BCUT2D eigenvalue weighted by atomic mass is 10.1. The Bertz CT molecular complexity index is 957. The van der Waals surface area contributed by atoms with Gasteiger partial charge < -0.3 is 4.57 Å². The molecule has 21 heavy (non-hydrogen) atoms. The Morgan fingerprint density at radius 1 is 0.810 bits per heavy atom. The lowest BCUT2D eigenvalue weighted by Gasteiger charge is -2.08. The number of hydrogen-bond donors (Lipinski definition) is 0. The van der Waals surface area contributed by atoms with Crippen LogP contribution < -0.4 is 0 Å². The number of hydrogen-bond acceptors (Lipinski definition) is 0. The van der Waals surface area contributed by atoms with Crippen LogP contribution in [-0.2, 0) is 0 Å². The summed E-state index contributed by atoms with van der Waals surface area (Å²) in [6, 6.07) is 20.7. The van der Waals surface area contributed by atoms with Gasteiger partial charge in [-0.15, -0.1) is 0 Å². The van der Waals surface area contributed by atoms with Gasteiger partial charge in [0.15, 0.2) is 0 Å². The van der Waals surface area contributed by atoms with Crippen LogP contribution in [0, 0.1) is 5.82 Å². The normalized spacial score (nSPS) is 11.3. The van der Waals surface area contributed by atoms with Crippen LogP contribution in [0.2, 0.25) is 5.02 Å². The van der Waals surface area contributed by atoms with Crippen molar-refractivity contribution >= 4 is 33.4 Å². The molecular formula is C18H11ClFN. The van der Waals surface area contributed by atoms with Crippen molar-refractivity contribution in [2.75, 3.05) is 0 Å². The van der Waals surface area contributed by atoms with Gasteiger partial charge in [-0.05, 0) is 30.3 Å². The molecule has 0 saturated carbocycles. The van der Waals surface area contributed by atoms with E-state index in [1.54, 1.807) is 6.07 Å². The molecular weight excluding hydrogens is 285 g/mol. The van der Waals surface area contributed by atoms with E-state index in [0.29, 0.717) is 15.9 Å². The Morgan fingerprint density at radius 2 is 1.52 bits per heavy atom. The highest BCUT2D eigenvalue weighted by Crippen LogP contribution is 2.37. The Hall–Kier alpha value is -2.32. The Balaban J connectivity index is 2.30. The molecule has 0 saturated heterocycles. The molecule has 3 aromatic carbocycles. The quantitative estimate of drug-likeness (QED) is 0.432. The van der Waals surface area contributed by atoms with Gasteiger partial charge >= 0.3 is 0 Å². The molecule has 0 atom stereocenters. The maximum atomic E-state index is 14.4. The third kappa shape index (κ3) is 1.76. The number of benzene rings is 3. The highest BCUT2D eigenvalue weighted by Gasteiger charge is 2.17. The monoisotopic (exact) mass is 295 g/mol. The van der Waals surface area contributed by atoms with Crippen LogP contribution in [0.5, 0.6) is 0 Å². The third-order valence-corrected chi connectivity index (χ3v) is 4.04. The first-order valence-corrected chi connectivity index (χ1v) is 7.08. The van der Waals surface area contributed by atoms with Crippen molar-refractivity contribution in [2.24, 2.45) is 0 Å². The average molecular weight is 296 g/mol. The van der Waals surface area contributed by atoms with Gasteiger partial charge in [-0.3, -0.25) is 0 Å². The SMILES string of the molecule is Fc1ccc(Cl)c2c1c1ccccc1n2-c1ccccc1. The zero-order chi connectivity index (χ0) is 14.4. The predicted octanol–water partition coefficient (Wildman–Crippen LogP) is 5.58. The smallest absolute Gasteiger partial charge is 0.133 e. The van der Waals surface area contributed by atoms with E-state index in [0.717, 1.165) is 16.6 Å². The molecule has 0 amide bonds. The maximum absolute atomic E-state index is 14.4. The zero-order valence-electron chi connectivity index (χ0n) is 11.1. The van der Waals surface area contributed by atoms with Crippen molar-refractivity contribution in [3.63, 3.8) is 0 Å². The summed E-state index contributed by atoms with van der Waals surface area (Å²) in [5.41, 5.74) is 2.63. The van der Waals surface area contributed by atoms with Crippen LogP contribution in [-0.4, -0.2) is 4.57 Å². The van der Waals surface area contributed by atoms with Crippen LogP contribution in [0.25, 0.3) is 27.5 Å². The first kappa shape index (κ1) is 12.4. The second-order valence-corrected chi connectivity index (χ2v) is 5.35. The van der Waals surface area contributed by atoms with E-state index in [4.69, 9.17) is 11.6 Å². The second-order valence-electron chi connectivity index (χ2n) is 4.94. The molecule has 4 rings (SSSR count). The van der Waals surface area contributed by atoms with Gasteiger partial charge in [0.2, 0.25) is 0 Å². The fraction of sp³-hybridized carbons (Fsp3) is 0. The van der Waals surface area contributed by atoms with E-state index < -0.39 is 0 Å². The van der Waals surface area contributed by atoms with Crippen molar-refractivity contribution in [3.8, 4) is 5.69 Å². The van der Waals surface area contributed by atoms with Crippen molar-refractivity contribution in [1.29, 1.82) is 0 Å². The Labute approximate surface area is 126 Å². The van der Waals surface area contributed by atoms with Gasteiger partial charge in [-0.1, -0.05) is 48.0 Å². The van der Waals surface area contributed by atoms with E-state index >= 15 is 0 Å². The first-order valence-electron chi connectivity index (χ1n) is 6.70. The summed E-state index contributed by atoms with van der Waals surface area (Å²) in [5, 5.41) is 1.99. The molecule has 0 bridgehead atoms. The van der Waals surface area contributed by atoms with Crippen LogP contribution in [0.15, 0.2) is 66.7 Å². The second kappa shape index (κ2) is 4.61. The molecule has 0 N–H and O–H groups in total. The molecule has 0 spiro atoms. The topological polar surface area (TPSA) is 4.93 Å². The number of rotatable bonds is 1. The highest BCUT2D eigenvalue weighted by molar-refractivity contribution is 6.36. The predicted molar refractivity (Wildman–Crippen MR) is 85.7 cm³/mol. The van der Waals surface area contributed by atoms with E-state index in [-0.39, 0.29) is 5.82 Å². The molecule has 0 fully saturated rings. The molecule has 1 nitrogen and oxygen atoms in total. The third-order valence-electron chi connectivity index (χ3n) is 3.73. The number of halogens is 2. The fourth-order valence-electron chi connectivity index (χ4n) is 2.86. The van der Waals surface area contributed by atoms with Crippen LogP contribution >= 0.6 is 11.6 Å². The lowest BCUT2D eigenvalue weighted by Crippen LogP contribution is -1.93. The van der Waals surface area contributed by atoms with Crippen molar-refractivity contribution < 1.29 is 4.39 Å². The summed E-state index contributed by atoms with van der Waals surface area (Å²) in [6.07, 6.45) is 0. The Kier molecular flexibility index (Phi) is 2.72. The van der Waals surface area contributed by atoms with Crippen molar-refractivity contribution in [1.82, 2.24) is 4.57 Å². The molecule has 102 valence electrons. The summed E-state index contributed by atoms with van der Waals surface area (Å²) in [5.74, 6) is -0.250. The number of nitrogens with zero attached hydrogens (tertiary/aromatic N) is 1. The van der Waals surface area contributed by atoms with Crippen LogP contribution in [0.4, 0.5) is 4.39 Å². The minimum atomic E-state index is -0.250. The molecule has 0 aliphatic heterocycles. The molecule has 0 aliphatic rings. The zero-order valence-corrected chi connectivity index (χ0v) is 11.8. The summed E-state index contributed by atoms with van der Waals surface area (Å²) >= 11 is 6.37. The summed E-state index contributed by atoms with van der Waals surface area (Å²) < 4.78 is 16.4. The van der Waals surface area contributed by atoms with E-state index in [9.17, 15) is 4.39 Å². The van der Waals surface area contributed by atoms with E-state index in [2.05, 4.69) is 0 Å². The summed E-state index contributed by atoms with van der Waals surface area (Å²) in [4.78, 5) is 0. The fourth-order valence-corrected chi connectivity index (χ4v) is 3.10. The minimum Gasteiger partial charge on any atom is -0.308 e. The molecule has 1 heterocycles. The number of aromatic nitrogens is 1. The van der Waals surface area contributed by atoms with E-state index in [1.165, 1.54) is 6.07 Å². The summed E-state index contributed by atoms with van der Waals surface area (Å²) in [7, 11) is 0. The number of para-hydroxylation sites is 2. The molecule has 4 aromatic rings. The molecule has 3 heteroatoms. The highest BCUT2D eigenvalue weighted by atomic mass is 35.5. The van der Waals surface area contributed by atoms with Gasteiger partial charge in [0.1, 0.15) is 5.82 Å². The van der Waals surface area contributed by atoms with Gasteiger partial charge in [-0.2, -0.15) is 0 Å². The molecule has 0 radical (unpaired) electrons. The van der Waals surface area contributed by atoms with E-state index in [1.807, 2.05) is 59.2 Å². The van der Waals surface area contributed by atoms with Crippen molar-refractivity contribution in [2.45, 2.75) is 0 Å². The number of fused-ring (bicyclic) bond motifs is 3. The molecule has 1 aromatic heterocycles. The first-order chi connectivity index (χ1) is 10.3. The Morgan fingerprint density at radius 3 is 2.33 bits per heavy atom. The van der Waals surface area contributed by atoms with Crippen LogP contribution in [0.1, 0.15) is 0 Å². The standard InChI is InChI=1S/C18H11ClFN/c19-14-10-11-15(20)17-13-8-4-5-9-16(13)21(18(14)17)12-6-2-1-3-7-12/h1-11H. The lowest BCUT2D eigenvalue weighted by molar-refractivity contribution is 0.640. The van der Waals surface area contributed by atoms with Gasteiger partial charge in [0, 0.05) is 16.5 Å². The van der Waals surface area contributed by atoms with Gasteiger partial charge in [-0.25, -0.2) is 4.39 Å². The van der Waals surface area contributed by atoms with Gasteiger partial charge in [0.05, 0.1) is 16.1 Å². The largest absolute Gasteiger partial charge is 0.308 e. The molecule has 0 aliphatic carbocycles. The van der Waals surface area contributed by atoms with Crippen LogP contribution in [0.3, 0.4) is 0 Å². The minimum absolute atomic E-state index is 0.250. The summed E-state index contributed by atoms with van der Waals surface area (Å²) in [6.45, 7) is 0. The molecule has 0 unspecified atom stereocenters. The average Bonchev–Trinajstić information content (AvgIpc) is 2.88. The maximum Gasteiger partial charge on any atom is 0.133 e. The van der Waals surface area contributed by atoms with Crippen molar-refractivity contribution in [3.05, 3.63) is 77.6 Å². The van der Waals surface area contributed by atoms with Gasteiger partial charge in [0.25, 0.3) is 0 Å².